The molecule has 0 unspecified atom stereocenters. The summed E-state index contributed by atoms with van der Waals surface area (Å²) in [6.07, 6.45) is 4.01. The van der Waals surface area contributed by atoms with Crippen molar-refractivity contribution in [2.75, 3.05) is 13.1 Å². The van der Waals surface area contributed by atoms with Crippen LogP contribution in [0.2, 0.25) is 0 Å². The summed E-state index contributed by atoms with van der Waals surface area (Å²) >= 11 is 0. The van der Waals surface area contributed by atoms with Crippen LogP contribution in [0.3, 0.4) is 0 Å². The van der Waals surface area contributed by atoms with Gasteiger partial charge in [-0.1, -0.05) is 48.4 Å². The van der Waals surface area contributed by atoms with Crippen molar-refractivity contribution in [2.45, 2.75) is 46.2 Å². The number of aryl methyl sites for hydroxylation is 2. The van der Waals surface area contributed by atoms with Crippen molar-refractivity contribution in [3.63, 3.8) is 0 Å². The molecule has 2 aromatic carbocycles. The number of benzene rings is 2. The first kappa shape index (κ1) is 17.7. The highest BCUT2D eigenvalue weighted by Crippen LogP contribution is 2.14. The van der Waals surface area contributed by atoms with E-state index in [1.807, 2.05) is 32.0 Å². The molecule has 3 heteroatoms. The van der Waals surface area contributed by atoms with Crippen molar-refractivity contribution in [3.8, 4) is 0 Å². The molecule has 0 aliphatic carbocycles. The Balaban J connectivity index is 1.53. The fourth-order valence-electron chi connectivity index (χ4n) is 3.48. The zero-order chi connectivity index (χ0) is 17.6. The summed E-state index contributed by atoms with van der Waals surface area (Å²) in [6.45, 7) is 8.06. The molecule has 0 aromatic heterocycles. The molecule has 0 saturated carbocycles. The van der Waals surface area contributed by atoms with Gasteiger partial charge in [-0.2, -0.15) is 0 Å². The lowest BCUT2D eigenvalue weighted by Crippen LogP contribution is -2.29. The van der Waals surface area contributed by atoms with Gasteiger partial charge in [-0.15, -0.1) is 0 Å². The number of hydrogen-bond donors (Lipinski definition) is 1. The van der Waals surface area contributed by atoms with Crippen LogP contribution in [0.4, 0.5) is 0 Å². The highest BCUT2D eigenvalue weighted by molar-refractivity contribution is 5.95. The van der Waals surface area contributed by atoms with E-state index < -0.39 is 0 Å². The van der Waals surface area contributed by atoms with E-state index in [0.717, 1.165) is 23.2 Å². The van der Waals surface area contributed by atoms with Crippen molar-refractivity contribution >= 4 is 5.91 Å². The fraction of sp³-hybridized carbons (Fsp3) is 0.409. The van der Waals surface area contributed by atoms with Gasteiger partial charge < -0.3 is 5.32 Å². The summed E-state index contributed by atoms with van der Waals surface area (Å²) in [5, 5.41) is 3.03. The molecule has 3 nitrogen and oxygen atoms in total. The lowest BCUT2D eigenvalue weighted by molar-refractivity contribution is 0.0950. The highest BCUT2D eigenvalue weighted by Gasteiger charge is 2.11. The number of carbonyl (C=O) groups excluding carboxylic acids is 1. The molecule has 3 rings (SSSR count). The Morgan fingerprint density at radius 1 is 0.960 bits per heavy atom. The third kappa shape index (κ3) is 4.93. The van der Waals surface area contributed by atoms with Gasteiger partial charge in [0.25, 0.3) is 5.91 Å². The van der Waals surface area contributed by atoms with Gasteiger partial charge in [0, 0.05) is 18.7 Å². The van der Waals surface area contributed by atoms with Gasteiger partial charge in [0.15, 0.2) is 0 Å². The summed E-state index contributed by atoms with van der Waals surface area (Å²) in [6, 6.07) is 14.6. The van der Waals surface area contributed by atoms with Gasteiger partial charge in [-0.3, -0.25) is 9.69 Å². The quantitative estimate of drug-likeness (QED) is 0.886. The first-order valence-electron chi connectivity index (χ1n) is 9.27. The van der Waals surface area contributed by atoms with Gasteiger partial charge in [0.1, 0.15) is 0 Å². The zero-order valence-electron chi connectivity index (χ0n) is 15.3. The minimum Gasteiger partial charge on any atom is -0.348 e. The third-order valence-electron chi connectivity index (χ3n) is 4.96. The van der Waals surface area contributed by atoms with Crippen LogP contribution < -0.4 is 5.32 Å². The third-order valence-corrected chi connectivity index (χ3v) is 4.96. The molecule has 0 spiro atoms. The molecule has 1 aliphatic heterocycles. The Bertz CT molecular complexity index is 715. The summed E-state index contributed by atoms with van der Waals surface area (Å²) in [4.78, 5) is 14.9. The minimum atomic E-state index is -0.00473. The summed E-state index contributed by atoms with van der Waals surface area (Å²) in [5.74, 6) is -0.00473. The molecule has 1 heterocycles. The molecular weight excluding hydrogens is 308 g/mol. The molecule has 25 heavy (non-hydrogen) atoms. The van der Waals surface area contributed by atoms with Crippen LogP contribution >= 0.6 is 0 Å². The molecule has 0 bridgehead atoms. The largest absolute Gasteiger partial charge is 0.348 e. The molecule has 1 fully saturated rings. The van der Waals surface area contributed by atoms with E-state index in [9.17, 15) is 4.79 Å². The van der Waals surface area contributed by atoms with E-state index in [4.69, 9.17) is 0 Å². The number of nitrogens with one attached hydrogen (secondary N) is 1. The Morgan fingerprint density at radius 3 is 2.32 bits per heavy atom. The molecule has 0 atom stereocenters. The van der Waals surface area contributed by atoms with E-state index >= 15 is 0 Å². The van der Waals surface area contributed by atoms with Crippen molar-refractivity contribution in [1.29, 1.82) is 0 Å². The predicted octanol–water partition coefficient (Wildman–Crippen LogP) is 4.22. The second-order valence-corrected chi connectivity index (χ2v) is 7.15. The van der Waals surface area contributed by atoms with Crippen LogP contribution in [0, 0.1) is 13.8 Å². The second kappa shape index (κ2) is 8.30. The van der Waals surface area contributed by atoms with E-state index in [1.54, 1.807) is 0 Å². The molecule has 0 radical (unpaired) electrons. The summed E-state index contributed by atoms with van der Waals surface area (Å²) in [5.41, 5.74) is 5.45. The normalized spacial score (nSPS) is 15.1. The number of carbonyl (C=O) groups is 1. The van der Waals surface area contributed by atoms with Crippen LogP contribution in [-0.4, -0.2) is 23.9 Å². The number of rotatable bonds is 5. The van der Waals surface area contributed by atoms with E-state index in [-0.39, 0.29) is 5.91 Å². The number of hydrogen-bond acceptors (Lipinski definition) is 2. The maximum atomic E-state index is 12.4. The second-order valence-electron chi connectivity index (χ2n) is 7.15. The maximum absolute atomic E-state index is 12.4. The molecular formula is C22H28N2O. The Morgan fingerprint density at radius 2 is 1.64 bits per heavy atom. The minimum absolute atomic E-state index is 0.00473. The Hall–Kier alpha value is -2.13. The molecule has 1 saturated heterocycles. The standard InChI is InChI=1S/C22H28N2O/c1-17-6-11-21(18(2)14-17)22(25)23-15-19-7-9-20(10-8-19)16-24-12-4-3-5-13-24/h6-11,14H,3-5,12-13,15-16H2,1-2H3,(H,23,25). The average Bonchev–Trinajstić information content (AvgIpc) is 2.62. The molecule has 1 amide bonds. The van der Waals surface area contributed by atoms with Crippen molar-refractivity contribution in [1.82, 2.24) is 10.2 Å². The molecule has 2 aromatic rings. The van der Waals surface area contributed by atoms with Gasteiger partial charge in [0.2, 0.25) is 0 Å². The van der Waals surface area contributed by atoms with E-state index in [1.165, 1.54) is 43.5 Å². The SMILES string of the molecule is Cc1ccc(C(=O)NCc2ccc(CN3CCCCC3)cc2)c(C)c1. The lowest BCUT2D eigenvalue weighted by Gasteiger charge is -2.26. The zero-order valence-corrected chi connectivity index (χ0v) is 15.3. The number of nitrogens with zero attached hydrogens (tertiary/aromatic N) is 1. The van der Waals surface area contributed by atoms with Gasteiger partial charge in [-0.25, -0.2) is 0 Å². The average molecular weight is 336 g/mol. The van der Waals surface area contributed by atoms with Crippen LogP contribution in [0.15, 0.2) is 42.5 Å². The topological polar surface area (TPSA) is 32.3 Å². The predicted molar refractivity (Wildman–Crippen MR) is 103 cm³/mol. The van der Waals surface area contributed by atoms with E-state index in [0.29, 0.717) is 6.54 Å². The Labute approximate surface area is 151 Å². The van der Waals surface area contributed by atoms with Gasteiger partial charge in [-0.05, 0) is 62.5 Å². The maximum Gasteiger partial charge on any atom is 0.251 e. The first-order valence-corrected chi connectivity index (χ1v) is 9.27. The van der Waals surface area contributed by atoms with Crippen molar-refractivity contribution < 1.29 is 4.79 Å². The summed E-state index contributed by atoms with van der Waals surface area (Å²) in [7, 11) is 0. The Kier molecular flexibility index (Phi) is 5.87. The summed E-state index contributed by atoms with van der Waals surface area (Å²) < 4.78 is 0. The van der Waals surface area contributed by atoms with E-state index in [2.05, 4.69) is 34.5 Å². The van der Waals surface area contributed by atoms with Crippen molar-refractivity contribution in [3.05, 3.63) is 70.3 Å². The number of piperidine rings is 1. The van der Waals surface area contributed by atoms with Crippen LogP contribution in [-0.2, 0) is 13.1 Å². The lowest BCUT2D eigenvalue weighted by atomic mass is 10.0. The van der Waals surface area contributed by atoms with Crippen molar-refractivity contribution in [2.24, 2.45) is 0 Å². The first-order chi connectivity index (χ1) is 12.1. The number of amides is 1. The molecule has 1 aliphatic rings. The smallest absolute Gasteiger partial charge is 0.251 e. The van der Waals surface area contributed by atoms with Crippen LogP contribution in [0.5, 0.6) is 0 Å². The van der Waals surface area contributed by atoms with Gasteiger partial charge >= 0.3 is 0 Å². The van der Waals surface area contributed by atoms with Crippen LogP contribution in [0.1, 0.15) is 51.9 Å². The monoisotopic (exact) mass is 336 g/mol. The molecule has 1 N–H and O–H groups in total. The van der Waals surface area contributed by atoms with Crippen LogP contribution in [0.25, 0.3) is 0 Å². The highest BCUT2D eigenvalue weighted by atomic mass is 16.1. The fourth-order valence-corrected chi connectivity index (χ4v) is 3.48. The number of likely N-dealkylation sites (tertiary alicyclic amines) is 1. The van der Waals surface area contributed by atoms with Gasteiger partial charge in [0.05, 0.1) is 0 Å². The molecule has 132 valence electrons.